The number of thiazole rings is 1. The Morgan fingerprint density at radius 3 is 2.41 bits per heavy atom. The lowest BCUT2D eigenvalue weighted by Gasteiger charge is -2.24. The van der Waals surface area contributed by atoms with Gasteiger partial charge < -0.3 is 15.5 Å². The fourth-order valence-electron chi connectivity index (χ4n) is 3.23. The molecule has 0 spiro atoms. The van der Waals surface area contributed by atoms with Crippen LogP contribution >= 0.6 is 11.3 Å². The zero-order valence-corrected chi connectivity index (χ0v) is 19.9. The molecule has 3 aromatic rings. The Morgan fingerprint density at radius 1 is 1.03 bits per heavy atom. The van der Waals surface area contributed by atoms with Gasteiger partial charge in [0.15, 0.2) is 5.13 Å². The van der Waals surface area contributed by atoms with E-state index in [1.54, 1.807) is 41.8 Å². The van der Waals surface area contributed by atoms with Crippen LogP contribution in [0.25, 0.3) is 0 Å². The summed E-state index contributed by atoms with van der Waals surface area (Å²) in [6, 6.07) is 14.7. The number of carbonyl (C=O) groups is 3. The van der Waals surface area contributed by atoms with Gasteiger partial charge in [-0.25, -0.2) is 9.37 Å². The Kier molecular flexibility index (Phi) is 8.86. The first-order chi connectivity index (χ1) is 16.3. The monoisotopic (exact) mass is 482 g/mol. The Labute approximate surface area is 202 Å². The van der Waals surface area contributed by atoms with Gasteiger partial charge in [-0.15, -0.1) is 11.3 Å². The SMILES string of the molecule is CC(C)CN(CC(=O)Nc1nc(CC(=O)NCc2ccc(F)cc2)cs1)C(=O)c1ccccc1. The lowest BCUT2D eigenvalue weighted by Crippen LogP contribution is -2.40. The van der Waals surface area contributed by atoms with E-state index < -0.39 is 0 Å². The summed E-state index contributed by atoms with van der Waals surface area (Å²) >= 11 is 1.21. The molecule has 0 unspecified atom stereocenters. The van der Waals surface area contributed by atoms with Gasteiger partial charge in [0.1, 0.15) is 12.4 Å². The maximum absolute atomic E-state index is 13.0. The second-order valence-electron chi connectivity index (χ2n) is 8.22. The van der Waals surface area contributed by atoms with Crippen molar-refractivity contribution in [3.8, 4) is 0 Å². The number of amides is 3. The largest absolute Gasteiger partial charge is 0.352 e. The number of hydrogen-bond acceptors (Lipinski definition) is 5. The minimum Gasteiger partial charge on any atom is -0.352 e. The summed E-state index contributed by atoms with van der Waals surface area (Å²) in [7, 11) is 0. The van der Waals surface area contributed by atoms with Gasteiger partial charge in [-0.2, -0.15) is 0 Å². The van der Waals surface area contributed by atoms with Crippen molar-refractivity contribution in [2.75, 3.05) is 18.4 Å². The molecule has 2 N–H and O–H groups in total. The molecule has 3 rings (SSSR count). The number of nitrogens with zero attached hydrogens (tertiary/aromatic N) is 2. The van der Waals surface area contributed by atoms with Gasteiger partial charge in [0.25, 0.3) is 5.91 Å². The van der Waals surface area contributed by atoms with E-state index in [1.165, 1.54) is 28.4 Å². The van der Waals surface area contributed by atoms with Crippen LogP contribution in [-0.2, 0) is 22.6 Å². The predicted octanol–water partition coefficient (Wildman–Crippen LogP) is 3.88. The summed E-state index contributed by atoms with van der Waals surface area (Å²) in [5.41, 5.74) is 1.84. The van der Waals surface area contributed by atoms with Crippen LogP contribution in [0.1, 0.15) is 35.5 Å². The van der Waals surface area contributed by atoms with Crippen molar-refractivity contribution < 1.29 is 18.8 Å². The molecule has 0 fully saturated rings. The maximum atomic E-state index is 13.0. The molecule has 34 heavy (non-hydrogen) atoms. The Balaban J connectivity index is 1.52. The minimum absolute atomic E-state index is 0.0551. The predicted molar refractivity (Wildman–Crippen MR) is 130 cm³/mol. The van der Waals surface area contributed by atoms with Gasteiger partial charge in [0.2, 0.25) is 11.8 Å². The summed E-state index contributed by atoms with van der Waals surface area (Å²) in [4.78, 5) is 43.5. The molecule has 1 aromatic heterocycles. The molecule has 0 aliphatic rings. The van der Waals surface area contributed by atoms with E-state index >= 15 is 0 Å². The number of anilines is 1. The van der Waals surface area contributed by atoms with E-state index in [4.69, 9.17) is 0 Å². The standard InChI is InChI=1S/C25H27FN4O3S/c1-17(2)14-30(24(33)19-6-4-3-5-7-19)15-23(32)29-25-28-21(16-34-25)12-22(31)27-13-18-8-10-20(26)11-9-18/h3-11,16-17H,12-15H2,1-2H3,(H,27,31)(H,28,29,32). The third-order valence-corrected chi connectivity index (χ3v) is 5.58. The van der Waals surface area contributed by atoms with Crippen molar-refractivity contribution in [1.82, 2.24) is 15.2 Å². The summed E-state index contributed by atoms with van der Waals surface area (Å²) in [6.45, 7) is 4.60. The fraction of sp³-hybridized carbons (Fsp3) is 0.280. The Hall–Kier alpha value is -3.59. The molecular weight excluding hydrogens is 455 g/mol. The first-order valence-electron chi connectivity index (χ1n) is 10.9. The molecule has 0 bridgehead atoms. The van der Waals surface area contributed by atoms with Gasteiger partial charge in [0.05, 0.1) is 12.1 Å². The van der Waals surface area contributed by atoms with E-state index in [1.807, 2.05) is 19.9 Å². The van der Waals surface area contributed by atoms with Gasteiger partial charge in [0, 0.05) is 24.0 Å². The second-order valence-corrected chi connectivity index (χ2v) is 9.08. The highest BCUT2D eigenvalue weighted by atomic mass is 32.1. The van der Waals surface area contributed by atoms with Gasteiger partial charge in [-0.05, 0) is 35.7 Å². The van der Waals surface area contributed by atoms with Crippen molar-refractivity contribution in [2.24, 2.45) is 5.92 Å². The first kappa shape index (κ1) is 25.0. The maximum Gasteiger partial charge on any atom is 0.254 e. The summed E-state index contributed by atoms with van der Waals surface area (Å²) in [5.74, 6) is -0.929. The van der Waals surface area contributed by atoms with E-state index in [-0.39, 0.29) is 49.0 Å². The molecule has 0 radical (unpaired) electrons. The quantitative estimate of drug-likeness (QED) is 0.459. The second kappa shape index (κ2) is 12.0. The highest BCUT2D eigenvalue weighted by Crippen LogP contribution is 2.16. The average Bonchev–Trinajstić information content (AvgIpc) is 3.24. The van der Waals surface area contributed by atoms with Crippen molar-refractivity contribution in [1.29, 1.82) is 0 Å². The molecular formula is C25H27FN4O3S. The highest BCUT2D eigenvalue weighted by molar-refractivity contribution is 7.13. The Bertz CT molecular complexity index is 1120. The molecule has 0 saturated carbocycles. The zero-order chi connectivity index (χ0) is 24.5. The number of aromatic nitrogens is 1. The van der Waals surface area contributed by atoms with E-state index in [0.717, 1.165) is 5.56 Å². The van der Waals surface area contributed by atoms with E-state index in [2.05, 4.69) is 15.6 Å². The molecule has 7 nitrogen and oxygen atoms in total. The molecule has 0 atom stereocenters. The molecule has 0 aliphatic carbocycles. The molecule has 2 aromatic carbocycles. The van der Waals surface area contributed by atoms with Crippen molar-refractivity contribution in [3.05, 3.63) is 82.6 Å². The van der Waals surface area contributed by atoms with Crippen LogP contribution in [0.2, 0.25) is 0 Å². The lowest BCUT2D eigenvalue weighted by atomic mass is 10.1. The number of benzene rings is 2. The molecule has 178 valence electrons. The molecule has 3 amide bonds. The van der Waals surface area contributed by atoms with Crippen molar-refractivity contribution >= 4 is 34.2 Å². The smallest absolute Gasteiger partial charge is 0.254 e. The average molecular weight is 483 g/mol. The Morgan fingerprint density at radius 2 is 1.74 bits per heavy atom. The van der Waals surface area contributed by atoms with Crippen LogP contribution in [0.15, 0.2) is 60.0 Å². The van der Waals surface area contributed by atoms with Gasteiger partial charge >= 0.3 is 0 Å². The molecule has 1 heterocycles. The minimum atomic E-state index is -0.355. The van der Waals surface area contributed by atoms with Crippen molar-refractivity contribution in [3.63, 3.8) is 0 Å². The van der Waals surface area contributed by atoms with Crippen LogP contribution in [-0.4, -0.2) is 40.7 Å². The van der Waals surface area contributed by atoms with E-state index in [9.17, 15) is 18.8 Å². The normalized spacial score (nSPS) is 10.7. The van der Waals surface area contributed by atoms with Crippen LogP contribution < -0.4 is 10.6 Å². The number of hydrogen-bond donors (Lipinski definition) is 2. The fourth-order valence-corrected chi connectivity index (χ4v) is 3.96. The number of nitrogens with one attached hydrogen (secondary N) is 2. The first-order valence-corrected chi connectivity index (χ1v) is 11.8. The highest BCUT2D eigenvalue weighted by Gasteiger charge is 2.20. The van der Waals surface area contributed by atoms with Crippen LogP contribution in [0.3, 0.4) is 0 Å². The summed E-state index contributed by atoms with van der Waals surface area (Å²) in [6.07, 6.45) is 0.0551. The molecule has 9 heteroatoms. The van der Waals surface area contributed by atoms with Crippen molar-refractivity contribution in [2.45, 2.75) is 26.8 Å². The third-order valence-electron chi connectivity index (χ3n) is 4.77. The molecule has 0 aliphatic heterocycles. The molecule has 0 saturated heterocycles. The van der Waals surface area contributed by atoms with Gasteiger partial charge in [-0.3, -0.25) is 14.4 Å². The number of halogens is 1. The number of carbonyl (C=O) groups excluding carboxylic acids is 3. The summed E-state index contributed by atoms with van der Waals surface area (Å²) < 4.78 is 13.0. The van der Waals surface area contributed by atoms with Crippen LogP contribution in [0, 0.1) is 11.7 Å². The summed E-state index contributed by atoms with van der Waals surface area (Å²) in [5, 5.41) is 7.54. The van der Waals surface area contributed by atoms with Gasteiger partial charge in [-0.1, -0.05) is 44.2 Å². The zero-order valence-electron chi connectivity index (χ0n) is 19.1. The number of rotatable bonds is 10. The van der Waals surface area contributed by atoms with E-state index in [0.29, 0.717) is 22.9 Å². The lowest BCUT2D eigenvalue weighted by molar-refractivity contribution is -0.120. The third kappa shape index (κ3) is 7.77. The topological polar surface area (TPSA) is 91.4 Å². The van der Waals surface area contributed by atoms with Crippen LogP contribution in [0.5, 0.6) is 0 Å². The van der Waals surface area contributed by atoms with Crippen LogP contribution in [0.4, 0.5) is 9.52 Å².